The molecule has 0 aliphatic heterocycles. The van der Waals surface area contributed by atoms with E-state index in [9.17, 15) is 0 Å². The number of aryl methyl sites for hydroxylation is 1. The molecule has 10 rings (SSSR count). The van der Waals surface area contributed by atoms with Crippen LogP contribution in [0.5, 0.6) is 0 Å². The molecule has 48 heavy (non-hydrogen) atoms. The van der Waals surface area contributed by atoms with Gasteiger partial charge in [0.25, 0.3) is 0 Å². The molecule has 0 unspecified atom stereocenters. The second-order valence-corrected chi connectivity index (χ2v) is 13.8. The third kappa shape index (κ3) is 4.18. The van der Waals surface area contributed by atoms with Crippen molar-refractivity contribution < 1.29 is 0 Å². The standard InChI is InChI=1S/C45H30N2S/c1-29-23-33(45-28-32-11-5-10-18-44(32)48-45)25-35(24-29)47-41-17-9-7-15-37(41)39-27-31(20-22-43(39)47)30-19-21-42-38(26-30)36-14-6-8-16-40(36)46(42)34-12-3-2-4-13-34/h2-28H,1H3. The van der Waals surface area contributed by atoms with E-state index in [1.54, 1.807) is 0 Å². The number of benzene rings is 7. The molecule has 0 atom stereocenters. The fourth-order valence-electron chi connectivity index (χ4n) is 7.60. The van der Waals surface area contributed by atoms with Crippen LogP contribution in [-0.4, -0.2) is 9.13 Å². The van der Waals surface area contributed by atoms with Crippen molar-refractivity contribution in [2.24, 2.45) is 0 Å². The Hall–Kier alpha value is -5.90. The molecule has 3 heterocycles. The Bertz CT molecular complexity index is 2810. The SMILES string of the molecule is Cc1cc(-c2cc3ccccc3s2)cc(-n2c3ccccc3c3cc(-c4ccc5c(c4)c4ccccc4n5-c4ccccc4)ccc32)c1. The van der Waals surface area contributed by atoms with E-state index in [4.69, 9.17) is 0 Å². The molecule has 3 heteroatoms. The van der Waals surface area contributed by atoms with Crippen LogP contribution in [0.3, 0.4) is 0 Å². The Morgan fingerprint density at radius 2 is 0.958 bits per heavy atom. The van der Waals surface area contributed by atoms with Gasteiger partial charge in [0.15, 0.2) is 0 Å². The van der Waals surface area contributed by atoms with Gasteiger partial charge in [0.1, 0.15) is 0 Å². The number of nitrogens with zero attached hydrogens (tertiary/aromatic N) is 2. The normalized spacial score (nSPS) is 11.9. The molecule has 0 N–H and O–H groups in total. The summed E-state index contributed by atoms with van der Waals surface area (Å²) in [6, 6.07) is 60.1. The maximum atomic E-state index is 2.44. The van der Waals surface area contributed by atoms with E-state index in [0.29, 0.717) is 0 Å². The molecular formula is C45H30N2S. The van der Waals surface area contributed by atoms with Gasteiger partial charge in [-0.15, -0.1) is 11.3 Å². The highest BCUT2D eigenvalue weighted by Gasteiger charge is 2.17. The summed E-state index contributed by atoms with van der Waals surface area (Å²) in [7, 11) is 0. The first-order chi connectivity index (χ1) is 23.7. The number of hydrogen-bond donors (Lipinski definition) is 0. The fourth-order valence-corrected chi connectivity index (χ4v) is 8.65. The third-order valence-corrected chi connectivity index (χ3v) is 10.9. The van der Waals surface area contributed by atoms with Crippen LogP contribution in [0.4, 0.5) is 0 Å². The monoisotopic (exact) mass is 630 g/mol. The Morgan fingerprint density at radius 1 is 0.396 bits per heavy atom. The predicted octanol–water partition coefficient (Wildman–Crippen LogP) is 12.7. The van der Waals surface area contributed by atoms with Gasteiger partial charge in [-0.1, -0.05) is 91.0 Å². The molecule has 0 fully saturated rings. The summed E-state index contributed by atoms with van der Waals surface area (Å²) in [6.07, 6.45) is 0. The first kappa shape index (κ1) is 27.2. The minimum Gasteiger partial charge on any atom is -0.309 e. The quantitative estimate of drug-likeness (QED) is 0.183. The van der Waals surface area contributed by atoms with Gasteiger partial charge in [-0.05, 0) is 107 Å². The molecule has 7 aromatic carbocycles. The topological polar surface area (TPSA) is 9.86 Å². The summed E-state index contributed by atoms with van der Waals surface area (Å²) < 4.78 is 6.14. The number of thiophene rings is 1. The Balaban J connectivity index is 1.15. The second-order valence-electron chi connectivity index (χ2n) is 12.7. The van der Waals surface area contributed by atoms with Crippen LogP contribution in [0.15, 0.2) is 164 Å². The number of fused-ring (bicyclic) bond motifs is 7. The Labute approximate surface area is 282 Å². The summed E-state index contributed by atoms with van der Waals surface area (Å²) in [6.45, 7) is 2.21. The first-order valence-corrected chi connectivity index (χ1v) is 17.2. The predicted molar refractivity (Wildman–Crippen MR) is 206 cm³/mol. The zero-order chi connectivity index (χ0) is 31.8. The van der Waals surface area contributed by atoms with Crippen LogP contribution in [0.2, 0.25) is 0 Å². The van der Waals surface area contributed by atoms with Crippen molar-refractivity contribution >= 4 is 65.0 Å². The summed E-state index contributed by atoms with van der Waals surface area (Å²) in [5.74, 6) is 0. The third-order valence-electron chi connectivity index (χ3n) is 9.72. The molecule has 0 spiro atoms. The summed E-state index contributed by atoms with van der Waals surface area (Å²) in [4.78, 5) is 1.30. The van der Waals surface area contributed by atoms with E-state index in [0.717, 1.165) is 0 Å². The van der Waals surface area contributed by atoms with Crippen molar-refractivity contribution in [2.45, 2.75) is 6.92 Å². The lowest BCUT2D eigenvalue weighted by Crippen LogP contribution is -1.95. The molecule has 226 valence electrons. The smallest absolute Gasteiger partial charge is 0.0541 e. The highest BCUT2D eigenvalue weighted by atomic mass is 32.1. The van der Waals surface area contributed by atoms with Crippen LogP contribution in [0.25, 0.3) is 86.6 Å². The zero-order valence-electron chi connectivity index (χ0n) is 26.4. The highest BCUT2D eigenvalue weighted by Crippen LogP contribution is 2.40. The lowest BCUT2D eigenvalue weighted by molar-refractivity contribution is 1.17. The van der Waals surface area contributed by atoms with Crippen molar-refractivity contribution in [3.63, 3.8) is 0 Å². The van der Waals surface area contributed by atoms with E-state index in [-0.39, 0.29) is 0 Å². The van der Waals surface area contributed by atoms with Crippen LogP contribution in [0.1, 0.15) is 5.56 Å². The van der Waals surface area contributed by atoms with Crippen molar-refractivity contribution in [1.82, 2.24) is 9.13 Å². The summed E-state index contributed by atoms with van der Waals surface area (Å²) in [5.41, 5.74) is 12.2. The highest BCUT2D eigenvalue weighted by molar-refractivity contribution is 7.22. The summed E-state index contributed by atoms with van der Waals surface area (Å²) >= 11 is 1.86. The van der Waals surface area contributed by atoms with E-state index in [2.05, 4.69) is 180 Å². The average molecular weight is 631 g/mol. The molecule has 0 aliphatic carbocycles. The van der Waals surface area contributed by atoms with Crippen LogP contribution in [0, 0.1) is 6.92 Å². The molecule has 10 aromatic rings. The molecule has 3 aromatic heterocycles. The Kier molecular flexibility index (Phi) is 5.99. The van der Waals surface area contributed by atoms with Gasteiger partial charge in [0.05, 0.1) is 22.1 Å². The van der Waals surface area contributed by atoms with Crippen LogP contribution in [-0.2, 0) is 0 Å². The van der Waals surface area contributed by atoms with Gasteiger partial charge in [-0.3, -0.25) is 0 Å². The molecule has 0 aliphatic rings. The number of aromatic nitrogens is 2. The number of para-hydroxylation sites is 3. The van der Waals surface area contributed by atoms with Gasteiger partial charge >= 0.3 is 0 Å². The molecule has 0 saturated carbocycles. The molecule has 0 amide bonds. The average Bonchev–Trinajstić information content (AvgIpc) is 3.81. The maximum Gasteiger partial charge on any atom is 0.0541 e. The van der Waals surface area contributed by atoms with E-state index < -0.39 is 0 Å². The maximum absolute atomic E-state index is 2.44. The largest absolute Gasteiger partial charge is 0.309 e. The molecular weight excluding hydrogens is 601 g/mol. The van der Waals surface area contributed by atoms with Gasteiger partial charge in [0.2, 0.25) is 0 Å². The van der Waals surface area contributed by atoms with Gasteiger partial charge in [0, 0.05) is 42.5 Å². The van der Waals surface area contributed by atoms with E-state index in [1.807, 2.05) is 11.3 Å². The molecule has 2 nitrogen and oxygen atoms in total. The Morgan fingerprint density at radius 3 is 1.62 bits per heavy atom. The number of rotatable bonds is 4. The first-order valence-electron chi connectivity index (χ1n) is 16.4. The van der Waals surface area contributed by atoms with Crippen LogP contribution >= 0.6 is 11.3 Å². The fraction of sp³-hybridized carbons (Fsp3) is 0.0222. The van der Waals surface area contributed by atoms with Crippen molar-refractivity contribution in [3.8, 4) is 32.9 Å². The van der Waals surface area contributed by atoms with Gasteiger partial charge < -0.3 is 9.13 Å². The van der Waals surface area contributed by atoms with E-state index >= 15 is 0 Å². The van der Waals surface area contributed by atoms with Crippen LogP contribution < -0.4 is 0 Å². The van der Waals surface area contributed by atoms with Crippen molar-refractivity contribution in [3.05, 3.63) is 169 Å². The number of hydrogen-bond acceptors (Lipinski definition) is 1. The van der Waals surface area contributed by atoms with Crippen molar-refractivity contribution in [2.75, 3.05) is 0 Å². The lowest BCUT2D eigenvalue weighted by Gasteiger charge is -2.12. The van der Waals surface area contributed by atoms with Gasteiger partial charge in [-0.25, -0.2) is 0 Å². The second kappa shape index (κ2) is 10.6. The van der Waals surface area contributed by atoms with Crippen molar-refractivity contribution in [1.29, 1.82) is 0 Å². The molecule has 0 saturated heterocycles. The van der Waals surface area contributed by atoms with Gasteiger partial charge in [-0.2, -0.15) is 0 Å². The zero-order valence-corrected chi connectivity index (χ0v) is 27.2. The molecule has 0 radical (unpaired) electrons. The van der Waals surface area contributed by atoms with E-state index in [1.165, 1.54) is 92.2 Å². The minimum atomic E-state index is 1.18. The summed E-state index contributed by atoms with van der Waals surface area (Å²) in [5, 5.41) is 6.36. The minimum absolute atomic E-state index is 1.18. The molecule has 0 bridgehead atoms. The lowest BCUT2D eigenvalue weighted by atomic mass is 10.0.